The highest BCUT2D eigenvalue weighted by Gasteiger charge is 1.65. The largest absolute Gasteiger partial charge is 0.383 e. The van der Waals surface area contributed by atoms with E-state index in [9.17, 15) is 0 Å². The molecule has 0 atom stereocenters. The molecule has 0 bridgehead atoms. The van der Waals surface area contributed by atoms with Crippen molar-refractivity contribution < 1.29 is 4.84 Å². The zero-order chi connectivity index (χ0) is 5.54. The topological polar surface area (TPSA) is 21.6 Å². The second-order valence-electron chi connectivity index (χ2n) is 0.806. The van der Waals surface area contributed by atoms with Gasteiger partial charge in [0.05, 0.1) is 6.72 Å². The van der Waals surface area contributed by atoms with E-state index < -0.39 is 0 Å². The molecule has 0 saturated heterocycles. The van der Waals surface area contributed by atoms with Crippen LogP contribution in [0.4, 0.5) is 0 Å². The maximum absolute atomic E-state index is 4.60. The Labute approximate surface area is 43.2 Å². The van der Waals surface area contributed by atoms with Gasteiger partial charge in [0.2, 0.25) is 0 Å². The molecular weight excluding hydrogens is 90.1 g/mol. The maximum atomic E-state index is 4.60. The van der Waals surface area contributed by atoms with Crippen LogP contribution in [0.3, 0.4) is 0 Å². The van der Waals surface area contributed by atoms with Crippen LogP contribution in [-0.2, 0) is 4.84 Å². The monoisotopic (exact) mass is 96.0 g/mol. The summed E-state index contributed by atoms with van der Waals surface area (Å²) in [6.07, 6.45) is 0. The molecule has 2 heteroatoms. The molecule has 0 aliphatic heterocycles. The standard InChI is InChI=1S/C5H6NO/c1-3-4-5-7-6-2/h2H,5H2,1H3. The van der Waals surface area contributed by atoms with Crippen molar-refractivity contribution in [1.82, 2.24) is 0 Å². The van der Waals surface area contributed by atoms with E-state index in [0.717, 1.165) is 0 Å². The van der Waals surface area contributed by atoms with Crippen LogP contribution in [0.25, 0.3) is 0 Å². The molecule has 0 aliphatic rings. The summed E-state index contributed by atoms with van der Waals surface area (Å²) >= 11 is 0. The number of hydrogen-bond donors (Lipinski definition) is 0. The van der Waals surface area contributed by atoms with Gasteiger partial charge in [-0.3, -0.25) is 0 Å². The molecule has 37 valence electrons. The van der Waals surface area contributed by atoms with E-state index in [0.29, 0.717) is 0 Å². The maximum Gasteiger partial charge on any atom is 0.177 e. The molecule has 0 aromatic carbocycles. The zero-order valence-electron chi connectivity index (χ0n) is 4.14. The van der Waals surface area contributed by atoms with Crippen molar-refractivity contribution in [3.05, 3.63) is 0 Å². The van der Waals surface area contributed by atoms with Gasteiger partial charge in [-0.25, -0.2) is 0 Å². The van der Waals surface area contributed by atoms with E-state index in [1.807, 2.05) is 0 Å². The zero-order valence-corrected chi connectivity index (χ0v) is 4.14. The van der Waals surface area contributed by atoms with Crippen molar-refractivity contribution >= 4 is 6.72 Å². The molecule has 0 spiro atoms. The Kier molecular flexibility index (Phi) is 4.33. The van der Waals surface area contributed by atoms with E-state index in [2.05, 4.69) is 28.6 Å². The molecule has 0 unspecified atom stereocenters. The van der Waals surface area contributed by atoms with Gasteiger partial charge in [0.1, 0.15) is 0 Å². The fourth-order valence-electron chi connectivity index (χ4n) is 0.142. The quantitative estimate of drug-likeness (QED) is 0.212. The SMILES string of the molecule is [CH]=NOCC#CC. The van der Waals surface area contributed by atoms with Crippen molar-refractivity contribution in [2.45, 2.75) is 6.92 Å². The highest BCUT2D eigenvalue weighted by atomic mass is 16.6. The lowest BCUT2D eigenvalue weighted by Crippen LogP contribution is -1.78. The second kappa shape index (κ2) is 5.03. The second-order valence-corrected chi connectivity index (χ2v) is 0.806. The summed E-state index contributed by atoms with van der Waals surface area (Å²) in [6, 6.07) is 0. The fraction of sp³-hybridized carbons (Fsp3) is 0.400. The molecule has 0 aromatic heterocycles. The minimum atomic E-state index is 0.285. The Morgan fingerprint density at radius 3 is 3.00 bits per heavy atom. The van der Waals surface area contributed by atoms with Gasteiger partial charge < -0.3 is 4.84 Å². The predicted molar refractivity (Wildman–Crippen MR) is 27.9 cm³/mol. The summed E-state index contributed by atoms with van der Waals surface area (Å²) in [5.41, 5.74) is 0. The summed E-state index contributed by atoms with van der Waals surface area (Å²) in [4.78, 5) is 4.30. The highest BCUT2D eigenvalue weighted by molar-refractivity contribution is 5.21. The van der Waals surface area contributed by atoms with Gasteiger partial charge >= 0.3 is 0 Å². The van der Waals surface area contributed by atoms with Gasteiger partial charge in [0, 0.05) is 0 Å². The number of rotatable bonds is 2. The number of nitrogens with zero attached hydrogens (tertiary/aromatic N) is 1. The molecule has 0 fully saturated rings. The molecule has 0 N–H and O–H groups in total. The third kappa shape index (κ3) is 5.03. The molecule has 0 heterocycles. The summed E-state index contributed by atoms with van der Waals surface area (Å²) < 4.78 is 0. The van der Waals surface area contributed by atoms with E-state index >= 15 is 0 Å². The normalized spacial score (nSPS) is 5.86. The van der Waals surface area contributed by atoms with E-state index in [1.165, 1.54) is 0 Å². The fourth-order valence-corrected chi connectivity index (χ4v) is 0.142. The third-order valence-corrected chi connectivity index (χ3v) is 0.388. The van der Waals surface area contributed by atoms with Crippen molar-refractivity contribution in [1.29, 1.82) is 0 Å². The van der Waals surface area contributed by atoms with Crippen LogP contribution in [0.5, 0.6) is 0 Å². The minimum absolute atomic E-state index is 0.285. The van der Waals surface area contributed by atoms with Gasteiger partial charge in [-0.05, 0) is 6.92 Å². The van der Waals surface area contributed by atoms with Gasteiger partial charge in [-0.1, -0.05) is 11.1 Å². The van der Waals surface area contributed by atoms with E-state index in [4.69, 9.17) is 0 Å². The van der Waals surface area contributed by atoms with Crippen LogP contribution in [0.2, 0.25) is 0 Å². The Morgan fingerprint density at radius 2 is 2.57 bits per heavy atom. The molecule has 0 rings (SSSR count). The third-order valence-electron chi connectivity index (χ3n) is 0.388. The van der Waals surface area contributed by atoms with Crippen LogP contribution in [0, 0.1) is 11.8 Å². The van der Waals surface area contributed by atoms with Crippen molar-refractivity contribution in [3.8, 4) is 11.8 Å². The predicted octanol–water partition coefficient (Wildman–Crippen LogP) is 0.519. The van der Waals surface area contributed by atoms with E-state index in [1.54, 1.807) is 6.92 Å². The summed E-state index contributed by atoms with van der Waals surface area (Å²) in [6.45, 7) is 6.61. The molecule has 0 aromatic rings. The first-order valence-electron chi connectivity index (χ1n) is 1.83. The first kappa shape index (κ1) is 6.03. The molecule has 0 saturated carbocycles. The first-order chi connectivity index (χ1) is 3.41. The molecule has 2 nitrogen and oxygen atoms in total. The average molecular weight is 96.1 g/mol. The van der Waals surface area contributed by atoms with Crippen LogP contribution in [0.1, 0.15) is 6.92 Å². The van der Waals surface area contributed by atoms with Crippen LogP contribution in [-0.4, -0.2) is 13.3 Å². The molecular formula is C5H6NO. The lowest BCUT2D eigenvalue weighted by molar-refractivity contribution is 0.183. The molecule has 1 radical (unpaired) electrons. The van der Waals surface area contributed by atoms with E-state index in [-0.39, 0.29) is 6.61 Å². The first-order valence-corrected chi connectivity index (χ1v) is 1.83. The lowest BCUT2D eigenvalue weighted by Gasteiger charge is -1.82. The van der Waals surface area contributed by atoms with Crippen LogP contribution < -0.4 is 0 Å². The van der Waals surface area contributed by atoms with Gasteiger partial charge in [-0.2, -0.15) is 0 Å². The van der Waals surface area contributed by atoms with Gasteiger partial charge in [0.25, 0.3) is 0 Å². The molecule has 0 aliphatic carbocycles. The Balaban J connectivity index is 2.92. The minimum Gasteiger partial charge on any atom is -0.383 e. The van der Waals surface area contributed by atoms with Gasteiger partial charge in [0.15, 0.2) is 6.61 Å². The van der Waals surface area contributed by atoms with Crippen molar-refractivity contribution in [2.75, 3.05) is 6.61 Å². The molecule has 0 amide bonds. The summed E-state index contributed by atoms with van der Waals surface area (Å²) in [5.74, 6) is 5.22. The Hall–Kier alpha value is -0.970. The summed E-state index contributed by atoms with van der Waals surface area (Å²) in [7, 11) is 0. The van der Waals surface area contributed by atoms with Crippen LogP contribution >= 0.6 is 0 Å². The Bertz CT molecular complexity index is 98.4. The number of hydrogen-bond acceptors (Lipinski definition) is 2. The van der Waals surface area contributed by atoms with Crippen molar-refractivity contribution in [3.63, 3.8) is 0 Å². The lowest BCUT2D eigenvalue weighted by atomic mass is 10.6. The Morgan fingerprint density at radius 1 is 1.86 bits per heavy atom. The highest BCUT2D eigenvalue weighted by Crippen LogP contribution is 1.66. The summed E-state index contributed by atoms with van der Waals surface area (Å²) in [5, 5.41) is 2.87. The van der Waals surface area contributed by atoms with Crippen molar-refractivity contribution in [2.24, 2.45) is 5.16 Å². The molecule has 7 heavy (non-hydrogen) atoms. The average Bonchev–Trinajstić information content (AvgIpc) is 1.69. The van der Waals surface area contributed by atoms with Gasteiger partial charge in [-0.15, -0.1) is 5.92 Å². The smallest absolute Gasteiger partial charge is 0.177 e. The van der Waals surface area contributed by atoms with Crippen LogP contribution in [0.15, 0.2) is 5.16 Å².